The number of carbonyl (C=O) groups excluding carboxylic acids is 1. The molecular weight excluding hydrogens is 257 g/mol. The van der Waals surface area contributed by atoms with Crippen LogP contribution in [0.4, 0.5) is 10.1 Å². The lowest BCUT2D eigenvalue weighted by atomic mass is 9.94. The van der Waals surface area contributed by atoms with Gasteiger partial charge >= 0.3 is 0 Å². The maximum atomic E-state index is 13.7. The molecule has 0 aromatic heterocycles. The summed E-state index contributed by atoms with van der Waals surface area (Å²) >= 11 is 0. The van der Waals surface area contributed by atoms with Gasteiger partial charge in [-0.25, -0.2) is 4.39 Å². The third-order valence-electron chi connectivity index (χ3n) is 4.19. The Bertz CT molecular complexity index is 515. The molecule has 1 fully saturated rings. The highest BCUT2D eigenvalue weighted by Crippen LogP contribution is 2.29. The maximum Gasteiger partial charge on any atom is 0.161 e. The van der Waals surface area contributed by atoms with Crippen LogP contribution in [0.15, 0.2) is 12.1 Å². The summed E-state index contributed by atoms with van der Waals surface area (Å²) in [7, 11) is 1.71. The van der Waals surface area contributed by atoms with Gasteiger partial charge in [0.15, 0.2) is 5.78 Å². The normalized spacial score (nSPS) is 22.9. The van der Waals surface area contributed by atoms with Gasteiger partial charge in [-0.15, -0.1) is 0 Å². The number of piperidine rings is 1. The Hall–Kier alpha value is -1.42. The monoisotopic (exact) mass is 279 g/mol. The molecule has 0 amide bonds. The van der Waals surface area contributed by atoms with Crippen LogP contribution in [0, 0.1) is 18.7 Å². The lowest BCUT2D eigenvalue weighted by molar-refractivity contribution is 0.0498. The first kappa shape index (κ1) is 15.0. The SMILES string of the molecule is COC1CN(c2cc(C)c(F)cc2C(C)=O)CCC1C. The number of methoxy groups -OCH3 is 1. The van der Waals surface area contributed by atoms with Gasteiger partial charge in [-0.3, -0.25) is 4.79 Å². The molecule has 1 aromatic carbocycles. The third-order valence-corrected chi connectivity index (χ3v) is 4.19. The molecule has 1 aromatic rings. The third kappa shape index (κ3) is 2.85. The number of nitrogens with zero attached hydrogens (tertiary/aromatic N) is 1. The number of Topliss-reactive ketones (excluding diaryl/α,β-unsaturated/α-hetero) is 1. The van der Waals surface area contributed by atoms with Crippen LogP contribution in [0.25, 0.3) is 0 Å². The van der Waals surface area contributed by atoms with Gasteiger partial charge in [-0.1, -0.05) is 6.92 Å². The zero-order valence-corrected chi connectivity index (χ0v) is 12.6. The van der Waals surface area contributed by atoms with E-state index < -0.39 is 0 Å². The molecule has 110 valence electrons. The van der Waals surface area contributed by atoms with Gasteiger partial charge in [-0.05, 0) is 43.9 Å². The zero-order valence-electron chi connectivity index (χ0n) is 12.6. The van der Waals surface area contributed by atoms with Gasteiger partial charge in [0.1, 0.15) is 5.82 Å². The second-order valence-corrected chi connectivity index (χ2v) is 5.66. The van der Waals surface area contributed by atoms with Crippen LogP contribution in [0.5, 0.6) is 0 Å². The number of carbonyl (C=O) groups is 1. The maximum absolute atomic E-state index is 13.7. The molecular formula is C16H22FNO2. The lowest BCUT2D eigenvalue weighted by Gasteiger charge is -2.38. The second kappa shape index (κ2) is 5.92. The standard InChI is InChI=1S/C16H22FNO2/c1-10-5-6-18(9-16(10)20-4)15-7-11(2)14(17)8-13(15)12(3)19/h7-8,10,16H,5-6,9H2,1-4H3. The Morgan fingerprint density at radius 2 is 2.15 bits per heavy atom. The molecule has 20 heavy (non-hydrogen) atoms. The quantitative estimate of drug-likeness (QED) is 0.796. The molecule has 1 heterocycles. The molecule has 3 nitrogen and oxygen atoms in total. The van der Waals surface area contributed by atoms with E-state index in [1.807, 2.05) is 0 Å². The van der Waals surface area contributed by atoms with E-state index in [0.717, 1.165) is 25.2 Å². The van der Waals surface area contributed by atoms with Crippen LogP contribution in [0.3, 0.4) is 0 Å². The van der Waals surface area contributed by atoms with E-state index in [9.17, 15) is 9.18 Å². The molecule has 1 saturated heterocycles. The first-order valence-corrected chi connectivity index (χ1v) is 7.02. The summed E-state index contributed by atoms with van der Waals surface area (Å²) in [6, 6.07) is 3.13. The molecule has 0 saturated carbocycles. The van der Waals surface area contributed by atoms with Crippen LogP contribution < -0.4 is 4.90 Å². The van der Waals surface area contributed by atoms with E-state index in [1.54, 1.807) is 20.1 Å². The number of aryl methyl sites for hydroxylation is 1. The molecule has 2 rings (SSSR count). The predicted molar refractivity (Wildman–Crippen MR) is 77.9 cm³/mol. The summed E-state index contributed by atoms with van der Waals surface area (Å²) in [5.41, 5.74) is 1.85. The lowest BCUT2D eigenvalue weighted by Crippen LogP contribution is -2.44. The van der Waals surface area contributed by atoms with Crippen LogP contribution in [-0.4, -0.2) is 32.1 Å². The molecule has 2 atom stereocenters. The molecule has 1 aliphatic rings. The van der Waals surface area contributed by atoms with E-state index in [1.165, 1.54) is 13.0 Å². The summed E-state index contributed by atoms with van der Waals surface area (Å²) in [5.74, 6) is 0.0673. The van der Waals surface area contributed by atoms with E-state index in [-0.39, 0.29) is 17.7 Å². The van der Waals surface area contributed by atoms with Crippen LogP contribution >= 0.6 is 0 Å². The van der Waals surface area contributed by atoms with E-state index in [4.69, 9.17) is 4.74 Å². The van der Waals surface area contributed by atoms with Crippen molar-refractivity contribution in [2.75, 3.05) is 25.1 Å². The highest BCUT2D eigenvalue weighted by Gasteiger charge is 2.28. The molecule has 0 bridgehead atoms. The van der Waals surface area contributed by atoms with E-state index in [0.29, 0.717) is 17.0 Å². The van der Waals surface area contributed by atoms with Crippen molar-refractivity contribution in [3.05, 3.63) is 29.1 Å². The Morgan fingerprint density at radius 1 is 1.45 bits per heavy atom. The van der Waals surface area contributed by atoms with Gasteiger partial charge < -0.3 is 9.64 Å². The topological polar surface area (TPSA) is 29.5 Å². The van der Waals surface area contributed by atoms with Crippen molar-refractivity contribution in [2.24, 2.45) is 5.92 Å². The van der Waals surface area contributed by atoms with Gasteiger partial charge in [0, 0.05) is 31.5 Å². The Morgan fingerprint density at radius 3 is 2.75 bits per heavy atom. The number of hydrogen-bond acceptors (Lipinski definition) is 3. The average molecular weight is 279 g/mol. The fourth-order valence-electron chi connectivity index (χ4n) is 2.77. The van der Waals surface area contributed by atoms with E-state index in [2.05, 4.69) is 11.8 Å². The highest BCUT2D eigenvalue weighted by atomic mass is 19.1. The molecule has 0 spiro atoms. The smallest absolute Gasteiger partial charge is 0.161 e. The van der Waals surface area contributed by atoms with Crippen LogP contribution in [0.1, 0.15) is 36.2 Å². The summed E-state index contributed by atoms with van der Waals surface area (Å²) in [4.78, 5) is 13.9. The molecule has 4 heteroatoms. The molecule has 0 radical (unpaired) electrons. The number of benzene rings is 1. The van der Waals surface area contributed by atoms with Crippen molar-refractivity contribution in [3.8, 4) is 0 Å². The van der Waals surface area contributed by atoms with Gasteiger partial charge in [0.2, 0.25) is 0 Å². The molecule has 1 aliphatic heterocycles. The van der Waals surface area contributed by atoms with Crippen molar-refractivity contribution in [2.45, 2.75) is 33.3 Å². The minimum absolute atomic E-state index is 0.105. The van der Waals surface area contributed by atoms with Crippen LogP contribution in [0.2, 0.25) is 0 Å². The number of ketones is 1. The molecule has 0 N–H and O–H groups in total. The predicted octanol–water partition coefficient (Wildman–Crippen LogP) is 3.20. The fraction of sp³-hybridized carbons (Fsp3) is 0.562. The number of hydrogen-bond donors (Lipinski definition) is 0. The van der Waals surface area contributed by atoms with E-state index >= 15 is 0 Å². The Kier molecular flexibility index (Phi) is 4.43. The fourth-order valence-corrected chi connectivity index (χ4v) is 2.77. The van der Waals surface area contributed by atoms with Crippen molar-refractivity contribution < 1.29 is 13.9 Å². The first-order chi connectivity index (χ1) is 9.43. The largest absolute Gasteiger partial charge is 0.379 e. The second-order valence-electron chi connectivity index (χ2n) is 5.66. The van der Waals surface area contributed by atoms with Crippen molar-refractivity contribution in [1.29, 1.82) is 0 Å². The first-order valence-electron chi connectivity index (χ1n) is 7.02. The molecule has 0 aliphatic carbocycles. The van der Waals surface area contributed by atoms with Gasteiger partial charge in [0.25, 0.3) is 0 Å². The zero-order chi connectivity index (χ0) is 14.9. The summed E-state index contributed by atoms with van der Waals surface area (Å²) in [6.45, 7) is 6.99. The van der Waals surface area contributed by atoms with Crippen molar-refractivity contribution in [1.82, 2.24) is 0 Å². The minimum Gasteiger partial charge on any atom is -0.379 e. The van der Waals surface area contributed by atoms with Crippen LogP contribution in [-0.2, 0) is 4.74 Å². The molecule has 2 unspecified atom stereocenters. The van der Waals surface area contributed by atoms with Gasteiger partial charge in [-0.2, -0.15) is 0 Å². The van der Waals surface area contributed by atoms with Crippen molar-refractivity contribution >= 4 is 11.5 Å². The van der Waals surface area contributed by atoms with Crippen molar-refractivity contribution in [3.63, 3.8) is 0 Å². The number of halogens is 1. The highest BCUT2D eigenvalue weighted by molar-refractivity contribution is 6.00. The average Bonchev–Trinajstić information content (AvgIpc) is 2.41. The Balaban J connectivity index is 2.36. The Labute approximate surface area is 119 Å². The number of anilines is 1. The number of rotatable bonds is 3. The van der Waals surface area contributed by atoms with Gasteiger partial charge in [0.05, 0.1) is 6.10 Å². The minimum atomic E-state index is -0.326. The summed E-state index contributed by atoms with van der Waals surface area (Å²) < 4.78 is 19.2. The summed E-state index contributed by atoms with van der Waals surface area (Å²) in [5, 5.41) is 0. The number of ether oxygens (including phenoxy) is 1. The summed E-state index contributed by atoms with van der Waals surface area (Å²) in [6.07, 6.45) is 1.15.